The van der Waals surface area contributed by atoms with Gasteiger partial charge in [0.1, 0.15) is 5.75 Å². The Balaban J connectivity index is 2.27. The molecule has 124 valence electrons. The van der Waals surface area contributed by atoms with Gasteiger partial charge >= 0.3 is 6.36 Å². The summed E-state index contributed by atoms with van der Waals surface area (Å²) in [5.74, 6) is -0.197. The average Bonchev–Trinajstić information content (AvgIpc) is 2.38. The number of ether oxygens (including phenoxy) is 2. The minimum Gasteiger partial charge on any atom is -0.405 e. The van der Waals surface area contributed by atoms with Gasteiger partial charge in [-0.15, -0.1) is 13.2 Å². The summed E-state index contributed by atoms with van der Waals surface area (Å²) in [6.45, 7) is 5.32. The quantitative estimate of drug-likeness (QED) is 0.927. The van der Waals surface area contributed by atoms with E-state index in [-0.39, 0.29) is 30.5 Å². The Kier molecular flexibility index (Phi) is 5.31. The molecule has 0 bridgehead atoms. The molecule has 22 heavy (non-hydrogen) atoms. The zero-order valence-corrected chi connectivity index (χ0v) is 12.6. The molecule has 1 saturated heterocycles. The Morgan fingerprint density at radius 1 is 1.27 bits per heavy atom. The Labute approximate surface area is 128 Å². The molecule has 0 aliphatic carbocycles. The number of hydrogen-bond acceptors (Lipinski definition) is 4. The number of morpholine rings is 1. The van der Waals surface area contributed by atoms with E-state index >= 15 is 0 Å². The number of para-hydroxylation sites is 1. The molecule has 3 atom stereocenters. The van der Waals surface area contributed by atoms with Gasteiger partial charge in [-0.1, -0.05) is 18.2 Å². The van der Waals surface area contributed by atoms with E-state index in [0.717, 1.165) is 0 Å². The molecule has 2 N–H and O–H groups in total. The topological polar surface area (TPSA) is 47.7 Å². The van der Waals surface area contributed by atoms with Gasteiger partial charge in [0.15, 0.2) is 0 Å². The lowest BCUT2D eigenvalue weighted by Gasteiger charge is -2.40. The van der Waals surface area contributed by atoms with E-state index in [1.807, 2.05) is 13.8 Å². The van der Waals surface area contributed by atoms with Gasteiger partial charge in [-0.2, -0.15) is 0 Å². The van der Waals surface area contributed by atoms with Crippen LogP contribution in [0.15, 0.2) is 24.3 Å². The number of nitrogens with zero attached hydrogens (tertiary/aromatic N) is 1. The van der Waals surface area contributed by atoms with Crippen LogP contribution in [0.5, 0.6) is 5.75 Å². The lowest BCUT2D eigenvalue weighted by molar-refractivity contribution is -0.275. The standard InChI is InChI=1S/C15H21F3N2O2/c1-10-8-20(9-11(2)21-10)13(7-19)12-5-3-4-6-14(12)22-15(16,17)18/h3-6,10-11,13H,7-9,19H2,1-2H3/t10-,11-,13-/m0/s1. The summed E-state index contributed by atoms with van der Waals surface area (Å²) in [5.41, 5.74) is 6.29. The fraction of sp³-hybridized carbons (Fsp3) is 0.600. The number of halogens is 3. The molecule has 0 unspecified atom stereocenters. The minimum absolute atomic E-state index is 0.00787. The van der Waals surface area contributed by atoms with E-state index in [9.17, 15) is 13.2 Å². The first-order valence-electron chi connectivity index (χ1n) is 7.24. The minimum atomic E-state index is -4.72. The van der Waals surface area contributed by atoms with Crippen molar-refractivity contribution < 1.29 is 22.6 Å². The molecular weight excluding hydrogens is 297 g/mol. The average molecular weight is 318 g/mol. The summed E-state index contributed by atoms with van der Waals surface area (Å²) in [6, 6.07) is 5.81. The molecule has 1 fully saturated rings. The maximum Gasteiger partial charge on any atom is 0.573 e. The molecule has 2 rings (SSSR count). The van der Waals surface area contributed by atoms with Gasteiger partial charge in [-0.25, -0.2) is 0 Å². The highest BCUT2D eigenvalue weighted by Gasteiger charge is 2.35. The molecule has 0 saturated carbocycles. The van der Waals surface area contributed by atoms with Crippen molar-refractivity contribution in [3.05, 3.63) is 29.8 Å². The fourth-order valence-corrected chi connectivity index (χ4v) is 2.92. The van der Waals surface area contributed by atoms with E-state index < -0.39 is 6.36 Å². The lowest BCUT2D eigenvalue weighted by Crippen LogP contribution is -2.48. The van der Waals surface area contributed by atoms with Gasteiger partial charge < -0.3 is 15.2 Å². The molecular formula is C15H21F3N2O2. The van der Waals surface area contributed by atoms with Crippen LogP contribution in [0.3, 0.4) is 0 Å². The third-order valence-electron chi connectivity index (χ3n) is 3.62. The molecule has 1 aliphatic rings. The molecule has 1 aromatic carbocycles. The molecule has 4 nitrogen and oxygen atoms in total. The summed E-state index contributed by atoms with van der Waals surface area (Å²) in [5, 5.41) is 0. The Morgan fingerprint density at radius 3 is 2.41 bits per heavy atom. The molecule has 0 amide bonds. The molecule has 0 aromatic heterocycles. The van der Waals surface area contributed by atoms with E-state index in [1.54, 1.807) is 12.1 Å². The van der Waals surface area contributed by atoms with Crippen molar-refractivity contribution in [3.63, 3.8) is 0 Å². The van der Waals surface area contributed by atoms with Crippen molar-refractivity contribution in [3.8, 4) is 5.75 Å². The highest BCUT2D eigenvalue weighted by molar-refractivity contribution is 5.36. The SMILES string of the molecule is C[C@H]1CN([C@@H](CN)c2ccccc2OC(F)(F)F)C[C@H](C)O1. The largest absolute Gasteiger partial charge is 0.573 e. The van der Waals surface area contributed by atoms with E-state index in [1.165, 1.54) is 12.1 Å². The Bertz CT molecular complexity index is 486. The van der Waals surface area contributed by atoms with Crippen molar-refractivity contribution in [1.29, 1.82) is 0 Å². The highest BCUT2D eigenvalue weighted by Crippen LogP contribution is 2.33. The number of nitrogens with two attached hydrogens (primary N) is 1. The van der Waals surface area contributed by atoms with Gasteiger partial charge in [0.2, 0.25) is 0 Å². The number of hydrogen-bond donors (Lipinski definition) is 1. The second-order valence-corrected chi connectivity index (χ2v) is 5.55. The van der Waals surface area contributed by atoms with Gasteiger partial charge in [0.05, 0.1) is 18.2 Å². The predicted molar refractivity (Wildman–Crippen MR) is 76.5 cm³/mol. The van der Waals surface area contributed by atoms with Crippen LogP contribution in [0, 0.1) is 0 Å². The van der Waals surface area contributed by atoms with Gasteiger partial charge in [-0.3, -0.25) is 4.90 Å². The number of benzene rings is 1. The summed E-state index contributed by atoms with van der Waals surface area (Å²) >= 11 is 0. The van der Waals surface area contributed by atoms with Crippen LogP contribution in [0.4, 0.5) is 13.2 Å². The van der Waals surface area contributed by atoms with Crippen LogP contribution in [0.25, 0.3) is 0 Å². The summed E-state index contributed by atoms with van der Waals surface area (Å²) < 4.78 is 47.5. The van der Waals surface area contributed by atoms with Crippen molar-refractivity contribution >= 4 is 0 Å². The molecule has 1 aliphatic heterocycles. The first-order valence-corrected chi connectivity index (χ1v) is 7.24. The molecule has 1 heterocycles. The van der Waals surface area contributed by atoms with Crippen LogP contribution in [0.1, 0.15) is 25.5 Å². The van der Waals surface area contributed by atoms with Crippen molar-refractivity contribution in [2.24, 2.45) is 5.73 Å². The fourth-order valence-electron chi connectivity index (χ4n) is 2.92. The zero-order valence-electron chi connectivity index (χ0n) is 12.6. The van der Waals surface area contributed by atoms with Gasteiger partial charge in [-0.05, 0) is 19.9 Å². The monoisotopic (exact) mass is 318 g/mol. The van der Waals surface area contributed by atoms with E-state index in [0.29, 0.717) is 18.7 Å². The second kappa shape index (κ2) is 6.85. The molecule has 1 aromatic rings. The summed E-state index contributed by atoms with van der Waals surface area (Å²) in [4.78, 5) is 2.05. The van der Waals surface area contributed by atoms with E-state index in [4.69, 9.17) is 10.5 Å². The van der Waals surface area contributed by atoms with Crippen LogP contribution in [-0.4, -0.2) is 43.1 Å². The van der Waals surface area contributed by atoms with Crippen LogP contribution < -0.4 is 10.5 Å². The maximum absolute atomic E-state index is 12.6. The zero-order chi connectivity index (χ0) is 16.3. The second-order valence-electron chi connectivity index (χ2n) is 5.55. The highest BCUT2D eigenvalue weighted by atomic mass is 19.4. The molecule has 0 radical (unpaired) electrons. The lowest BCUT2D eigenvalue weighted by atomic mass is 10.0. The van der Waals surface area contributed by atoms with Crippen LogP contribution in [0.2, 0.25) is 0 Å². The first kappa shape index (κ1) is 17.1. The number of rotatable bonds is 4. The number of alkyl halides is 3. The Morgan fingerprint density at radius 2 is 1.86 bits per heavy atom. The van der Waals surface area contributed by atoms with Crippen LogP contribution in [-0.2, 0) is 4.74 Å². The smallest absolute Gasteiger partial charge is 0.405 e. The Hall–Kier alpha value is -1.31. The normalized spacial score (nSPS) is 25.0. The van der Waals surface area contributed by atoms with E-state index in [2.05, 4.69) is 9.64 Å². The van der Waals surface area contributed by atoms with Crippen molar-refractivity contribution in [2.75, 3.05) is 19.6 Å². The van der Waals surface area contributed by atoms with Gasteiger partial charge in [0, 0.05) is 25.2 Å². The predicted octanol–water partition coefficient (Wildman–Crippen LogP) is 2.69. The third-order valence-corrected chi connectivity index (χ3v) is 3.62. The summed E-state index contributed by atoms with van der Waals surface area (Å²) in [6.07, 6.45) is -4.71. The third kappa shape index (κ3) is 4.34. The maximum atomic E-state index is 12.6. The van der Waals surface area contributed by atoms with Crippen molar-refractivity contribution in [1.82, 2.24) is 4.90 Å². The first-order chi connectivity index (χ1) is 10.3. The van der Waals surface area contributed by atoms with Crippen LogP contribution >= 0.6 is 0 Å². The molecule has 7 heteroatoms. The van der Waals surface area contributed by atoms with Gasteiger partial charge in [0.25, 0.3) is 0 Å². The van der Waals surface area contributed by atoms with Crippen molar-refractivity contribution in [2.45, 2.75) is 38.5 Å². The molecule has 0 spiro atoms. The summed E-state index contributed by atoms with van der Waals surface area (Å²) in [7, 11) is 0.